The maximum absolute atomic E-state index is 6.16. The molecule has 0 aliphatic rings. The molecule has 4 nitrogen and oxygen atoms in total. The van der Waals surface area contributed by atoms with Gasteiger partial charge in [0.05, 0.1) is 10.7 Å². The van der Waals surface area contributed by atoms with E-state index in [1.54, 1.807) is 18.4 Å². The predicted octanol–water partition coefficient (Wildman–Crippen LogP) is 3.36. The van der Waals surface area contributed by atoms with Crippen LogP contribution >= 0.6 is 22.9 Å². The smallest absolute Gasteiger partial charge is 0.191 e. The molecule has 0 aliphatic carbocycles. The van der Waals surface area contributed by atoms with Gasteiger partial charge in [-0.3, -0.25) is 4.99 Å². The summed E-state index contributed by atoms with van der Waals surface area (Å²) >= 11 is 7.92. The molecule has 1 aromatic heterocycles. The summed E-state index contributed by atoms with van der Waals surface area (Å²) < 4.78 is 0. The molecule has 124 valence electrons. The number of hydrogen-bond acceptors (Lipinski definition) is 3. The molecule has 2 aromatic rings. The molecule has 0 amide bonds. The fourth-order valence-corrected chi connectivity index (χ4v) is 3.33. The third-order valence-electron chi connectivity index (χ3n) is 3.57. The van der Waals surface area contributed by atoms with Crippen LogP contribution in [0.5, 0.6) is 0 Å². The second-order valence-corrected chi connectivity index (χ2v) is 6.96. The average molecular weight is 351 g/mol. The van der Waals surface area contributed by atoms with Gasteiger partial charge in [0.2, 0.25) is 0 Å². The Kier molecular flexibility index (Phi) is 6.86. The van der Waals surface area contributed by atoms with Crippen LogP contribution in [-0.4, -0.2) is 31.1 Å². The molecule has 0 unspecified atom stereocenters. The molecule has 0 spiro atoms. The summed E-state index contributed by atoms with van der Waals surface area (Å²) in [4.78, 5) is 10.1. The lowest BCUT2D eigenvalue weighted by molar-refractivity contribution is 0.781. The zero-order chi connectivity index (χ0) is 16.7. The molecule has 2 N–H and O–H groups in total. The van der Waals surface area contributed by atoms with E-state index in [4.69, 9.17) is 11.6 Å². The van der Waals surface area contributed by atoms with Gasteiger partial charge in [0.1, 0.15) is 0 Å². The van der Waals surface area contributed by atoms with Crippen LogP contribution in [0.4, 0.5) is 0 Å². The summed E-state index contributed by atoms with van der Waals surface area (Å²) in [5.74, 6) is 0.807. The van der Waals surface area contributed by atoms with Gasteiger partial charge in [0.15, 0.2) is 5.96 Å². The van der Waals surface area contributed by atoms with Crippen molar-refractivity contribution < 1.29 is 0 Å². The fourth-order valence-electron chi connectivity index (χ4n) is 2.17. The monoisotopic (exact) mass is 350 g/mol. The van der Waals surface area contributed by atoms with E-state index in [9.17, 15) is 0 Å². The van der Waals surface area contributed by atoms with Crippen LogP contribution in [0.15, 0.2) is 29.3 Å². The third kappa shape index (κ3) is 5.52. The number of halogens is 1. The van der Waals surface area contributed by atoms with Crippen LogP contribution in [0.25, 0.3) is 0 Å². The molecule has 0 bridgehead atoms. The van der Waals surface area contributed by atoms with Crippen molar-refractivity contribution in [2.45, 2.75) is 26.7 Å². The number of rotatable bonds is 6. The number of aliphatic imine (C=N–C) groups is 1. The van der Waals surface area contributed by atoms with Crippen molar-refractivity contribution in [3.8, 4) is 0 Å². The van der Waals surface area contributed by atoms with Gasteiger partial charge in [0, 0.05) is 36.5 Å². The first-order chi connectivity index (χ1) is 11.1. The summed E-state index contributed by atoms with van der Waals surface area (Å²) in [6.07, 6.45) is 1.77. The third-order valence-corrected chi connectivity index (χ3v) is 5.07. The largest absolute Gasteiger partial charge is 0.356 e. The Labute approximate surface area is 147 Å². The van der Waals surface area contributed by atoms with Crippen LogP contribution in [0.1, 0.15) is 21.1 Å². The molecule has 23 heavy (non-hydrogen) atoms. The molecular weight excluding hydrogens is 328 g/mol. The van der Waals surface area contributed by atoms with Crippen molar-refractivity contribution >= 4 is 28.9 Å². The summed E-state index contributed by atoms with van der Waals surface area (Å²) in [6.45, 7) is 5.77. The lowest BCUT2D eigenvalue weighted by Gasteiger charge is -2.11. The quantitative estimate of drug-likeness (QED) is 0.620. The molecule has 0 saturated heterocycles. The topological polar surface area (TPSA) is 49.3 Å². The number of aryl methyl sites for hydroxylation is 2. The predicted molar refractivity (Wildman–Crippen MR) is 99.8 cm³/mol. The molecule has 0 fully saturated rings. The standard InChI is InChI=1S/C17H23ClN4S/c1-12-13(2)23-16(22-12)9-11-21-17(19-3)20-10-8-14-6-4-5-7-15(14)18/h4-7H,8-11H2,1-3H3,(H2,19,20,21). The first-order valence-electron chi connectivity index (χ1n) is 7.71. The highest BCUT2D eigenvalue weighted by Crippen LogP contribution is 2.16. The lowest BCUT2D eigenvalue weighted by atomic mass is 10.1. The Bertz CT molecular complexity index is 647. The highest BCUT2D eigenvalue weighted by atomic mass is 35.5. The molecule has 0 saturated carbocycles. The van der Waals surface area contributed by atoms with Gasteiger partial charge in [-0.1, -0.05) is 29.8 Å². The summed E-state index contributed by atoms with van der Waals surface area (Å²) in [5, 5.41) is 8.61. The molecule has 0 atom stereocenters. The number of benzene rings is 1. The number of thiazole rings is 1. The normalized spacial score (nSPS) is 11.6. The van der Waals surface area contributed by atoms with Crippen molar-refractivity contribution in [1.29, 1.82) is 0 Å². The minimum absolute atomic E-state index is 0.791. The Morgan fingerprint density at radius 2 is 1.87 bits per heavy atom. The van der Waals surface area contributed by atoms with Gasteiger partial charge in [-0.2, -0.15) is 0 Å². The van der Waals surface area contributed by atoms with Crippen molar-refractivity contribution in [2.24, 2.45) is 4.99 Å². The van der Waals surface area contributed by atoms with E-state index in [-0.39, 0.29) is 0 Å². The second kappa shape index (κ2) is 8.89. The van der Waals surface area contributed by atoms with Crippen molar-refractivity contribution in [1.82, 2.24) is 15.6 Å². The van der Waals surface area contributed by atoms with Crippen molar-refractivity contribution in [3.63, 3.8) is 0 Å². The Hall–Kier alpha value is -1.59. The van der Waals surface area contributed by atoms with Crippen LogP contribution in [0.3, 0.4) is 0 Å². The number of guanidine groups is 1. The number of aromatic nitrogens is 1. The fraction of sp³-hybridized carbons (Fsp3) is 0.412. The van der Waals surface area contributed by atoms with E-state index in [0.717, 1.165) is 48.2 Å². The Morgan fingerprint density at radius 3 is 2.48 bits per heavy atom. The minimum Gasteiger partial charge on any atom is -0.356 e. The molecule has 1 aromatic carbocycles. The van der Waals surface area contributed by atoms with E-state index < -0.39 is 0 Å². The highest BCUT2D eigenvalue weighted by molar-refractivity contribution is 7.11. The van der Waals surface area contributed by atoms with E-state index in [2.05, 4.69) is 34.5 Å². The molecule has 1 heterocycles. The minimum atomic E-state index is 0.791. The van der Waals surface area contributed by atoms with E-state index in [1.807, 2.05) is 24.3 Å². The number of hydrogen-bond donors (Lipinski definition) is 2. The van der Waals surface area contributed by atoms with Gasteiger partial charge < -0.3 is 10.6 Å². The maximum atomic E-state index is 6.16. The van der Waals surface area contributed by atoms with Gasteiger partial charge in [-0.15, -0.1) is 11.3 Å². The van der Waals surface area contributed by atoms with Gasteiger partial charge in [-0.25, -0.2) is 4.98 Å². The zero-order valence-electron chi connectivity index (χ0n) is 13.8. The molecular formula is C17H23ClN4S. The van der Waals surface area contributed by atoms with Crippen molar-refractivity contribution in [3.05, 3.63) is 50.4 Å². The maximum Gasteiger partial charge on any atom is 0.191 e. The molecule has 2 rings (SSSR count). The first kappa shape index (κ1) is 17.8. The van der Waals surface area contributed by atoms with Gasteiger partial charge in [0.25, 0.3) is 0 Å². The number of nitrogens with zero attached hydrogens (tertiary/aromatic N) is 2. The van der Waals surface area contributed by atoms with Crippen LogP contribution in [0, 0.1) is 13.8 Å². The lowest BCUT2D eigenvalue weighted by Crippen LogP contribution is -2.39. The van der Waals surface area contributed by atoms with Gasteiger partial charge in [-0.05, 0) is 31.9 Å². The summed E-state index contributed by atoms with van der Waals surface area (Å²) in [5.41, 5.74) is 2.28. The SMILES string of the molecule is CN=C(NCCc1nc(C)c(C)s1)NCCc1ccccc1Cl. The Balaban J connectivity index is 1.72. The summed E-state index contributed by atoms with van der Waals surface area (Å²) in [6, 6.07) is 7.92. The molecule has 6 heteroatoms. The van der Waals surface area contributed by atoms with Crippen LogP contribution < -0.4 is 10.6 Å². The van der Waals surface area contributed by atoms with E-state index >= 15 is 0 Å². The molecule has 0 radical (unpaired) electrons. The van der Waals surface area contributed by atoms with Gasteiger partial charge >= 0.3 is 0 Å². The Morgan fingerprint density at radius 1 is 1.17 bits per heavy atom. The van der Waals surface area contributed by atoms with Crippen LogP contribution in [-0.2, 0) is 12.8 Å². The molecule has 0 aliphatic heterocycles. The van der Waals surface area contributed by atoms with E-state index in [0.29, 0.717) is 0 Å². The van der Waals surface area contributed by atoms with E-state index in [1.165, 1.54) is 9.88 Å². The number of nitrogens with one attached hydrogen (secondary N) is 2. The van der Waals surface area contributed by atoms with Crippen molar-refractivity contribution in [2.75, 3.05) is 20.1 Å². The first-order valence-corrected chi connectivity index (χ1v) is 8.90. The highest BCUT2D eigenvalue weighted by Gasteiger charge is 2.04. The zero-order valence-corrected chi connectivity index (χ0v) is 15.4. The average Bonchev–Trinajstić information content (AvgIpc) is 2.86. The second-order valence-electron chi connectivity index (χ2n) is 5.27. The van der Waals surface area contributed by atoms with Crippen LogP contribution in [0.2, 0.25) is 5.02 Å². The summed E-state index contributed by atoms with van der Waals surface area (Å²) in [7, 11) is 1.78.